The summed E-state index contributed by atoms with van der Waals surface area (Å²) in [5, 5.41) is 4.16. The Balaban J connectivity index is 1.43. The zero-order valence-electron chi connectivity index (χ0n) is 21.3. The lowest BCUT2D eigenvalue weighted by molar-refractivity contribution is 0.0955. The number of anilines is 1. The quantitative estimate of drug-likeness (QED) is 0.261. The summed E-state index contributed by atoms with van der Waals surface area (Å²) < 4.78 is 28.1. The van der Waals surface area contributed by atoms with Crippen molar-refractivity contribution >= 4 is 27.8 Å². The summed E-state index contributed by atoms with van der Waals surface area (Å²) in [5.41, 5.74) is 9.64. The van der Waals surface area contributed by atoms with E-state index in [2.05, 4.69) is 46.3 Å². The fourth-order valence-corrected chi connectivity index (χ4v) is 5.04. The van der Waals surface area contributed by atoms with Crippen LogP contribution in [0.25, 0.3) is 5.69 Å². The second-order valence-corrected chi connectivity index (χ2v) is 10.9. The minimum atomic E-state index is -3.47. The minimum absolute atomic E-state index is 0.166. The Kier molecular flexibility index (Phi) is 7.59. The Labute approximate surface area is 218 Å². The fraction of sp³-hybridized carbons (Fsp3) is 0.172. The molecule has 190 valence electrons. The molecule has 1 amide bonds. The van der Waals surface area contributed by atoms with Gasteiger partial charge in [0.2, 0.25) is 10.0 Å². The van der Waals surface area contributed by atoms with Crippen molar-refractivity contribution in [2.24, 2.45) is 5.10 Å². The Hall–Kier alpha value is -4.17. The highest BCUT2D eigenvalue weighted by atomic mass is 32.2. The predicted octanol–water partition coefficient (Wildman–Crippen LogP) is 5.13. The summed E-state index contributed by atoms with van der Waals surface area (Å²) in [6, 6.07) is 26.1. The first kappa shape index (κ1) is 25.9. The van der Waals surface area contributed by atoms with Crippen molar-refractivity contribution in [1.29, 1.82) is 0 Å². The van der Waals surface area contributed by atoms with Crippen LogP contribution in [0.1, 0.15) is 38.4 Å². The molecule has 37 heavy (non-hydrogen) atoms. The standard InChI is InChI=1S/C29H30N4O3S/c1-21-10-16-28(17-11-21)33-22(2)18-26(23(33)3)19-30-31-29(34)25-14-12-24(13-15-25)20-32(37(4,35)36)27-8-6-5-7-9-27/h5-19H,20H2,1-4H3,(H,31,34). The van der Waals surface area contributed by atoms with Crippen molar-refractivity contribution < 1.29 is 13.2 Å². The van der Waals surface area contributed by atoms with Gasteiger partial charge in [0.25, 0.3) is 5.91 Å². The summed E-state index contributed by atoms with van der Waals surface area (Å²) in [4.78, 5) is 12.6. The molecular formula is C29H30N4O3S. The van der Waals surface area contributed by atoms with Crippen molar-refractivity contribution in [3.8, 4) is 5.69 Å². The molecule has 3 aromatic carbocycles. The summed E-state index contributed by atoms with van der Waals surface area (Å²) in [5.74, 6) is -0.349. The first-order valence-corrected chi connectivity index (χ1v) is 13.7. The van der Waals surface area contributed by atoms with Gasteiger partial charge in [-0.2, -0.15) is 5.10 Å². The van der Waals surface area contributed by atoms with Crippen molar-refractivity contribution in [1.82, 2.24) is 9.99 Å². The van der Waals surface area contributed by atoms with Gasteiger partial charge in [-0.05, 0) is 68.8 Å². The van der Waals surface area contributed by atoms with E-state index in [1.54, 1.807) is 54.7 Å². The number of aryl methyl sites for hydroxylation is 2. The van der Waals surface area contributed by atoms with Gasteiger partial charge in [-0.25, -0.2) is 13.8 Å². The number of hydrogen-bond acceptors (Lipinski definition) is 4. The number of aromatic nitrogens is 1. The first-order chi connectivity index (χ1) is 17.6. The van der Waals surface area contributed by atoms with Crippen LogP contribution in [0.15, 0.2) is 90.0 Å². The highest BCUT2D eigenvalue weighted by Gasteiger charge is 2.18. The van der Waals surface area contributed by atoms with Crippen molar-refractivity contribution in [3.63, 3.8) is 0 Å². The maximum atomic E-state index is 12.6. The predicted molar refractivity (Wildman–Crippen MR) is 149 cm³/mol. The third-order valence-electron chi connectivity index (χ3n) is 6.12. The Morgan fingerprint density at radius 1 is 0.946 bits per heavy atom. The zero-order chi connectivity index (χ0) is 26.6. The van der Waals surface area contributed by atoms with Crippen LogP contribution in [0.4, 0.5) is 5.69 Å². The normalized spacial score (nSPS) is 11.6. The summed E-state index contributed by atoms with van der Waals surface area (Å²) in [6.45, 7) is 6.28. The molecule has 0 aliphatic heterocycles. The topological polar surface area (TPSA) is 83.8 Å². The van der Waals surface area contributed by atoms with Crippen LogP contribution in [-0.4, -0.2) is 31.4 Å². The van der Waals surface area contributed by atoms with Crippen molar-refractivity contribution in [2.75, 3.05) is 10.6 Å². The third-order valence-corrected chi connectivity index (χ3v) is 7.26. The SMILES string of the molecule is Cc1ccc(-n2c(C)cc(C=NNC(=O)c3ccc(CN(c4ccccc4)S(C)(=O)=O)cc3)c2C)cc1. The number of nitrogens with zero attached hydrogens (tertiary/aromatic N) is 3. The Morgan fingerprint density at radius 2 is 1.59 bits per heavy atom. The van der Waals surface area contributed by atoms with Gasteiger partial charge in [-0.15, -0.1) is 0 Å². The largest absolute Gasteiger partial charge is 0.318 e. The molecule has 1 heterocycles. The van der Waals surface area contributed by atoms with E-state index in [9.17, 15) is 13.2 Å². The monoisotopic (exact) mass is 514 g/mol. The second kappa shape index (κ2) is 10.8. The number of carbonyl (C=O) groups excluding carboxylic acids is 1. The molecule has 0 aliphatic carbocycles. The van der Waals surface area contributed by atoms with Crippen LogP contribution in [0, 0.1) is 20.8 Å². The molecule has 4 rings (SSSR count). The molecule has 0 saturated carbocycles. The number of hydrazone groups is 1. The highest BCUT2D eigenvalue weighted by molar-refractivity contribution is 7.92. The molecule has 0 atom stereocenters. The molecule has 0 fully saturated rings. The number of para-hydroxylation sites is 1. The number of rotatable bonds is 8. The summed E-state index contributed by atoms with van der Waals surface area (Å²) in [6.07, 6.45) is 2.82. The van der Waals surface area contributed by atoms with Gasteiger partial charge in [-0.3, -0.25) is 9.10 Å². The molecule has 0 aliphatic rings. The molecule has 0 spiro atoms. The van der Waals surface area contributed by atoms with Crippen LogP contribution < -0.4 is 9.73 Å². The van der Waals surface area contributed by atoms with E-state index in [0.29, 0.717) is 11.3 Å². The molecule has 4 aromatic rings. The van der Waals surface area contributed by atoms with Crippen LogP contribution in [-0.2, 0) is 16.6 Å². The number of carbonyl (C=O) groups is 1. The van der Waals surface area contributed by atoms with Crippen molar-refractivity contribution in [3.05, 3.63) is 119 Å². The van der Waals surface area contributed by atoms with E-state index in [0.717, 1.165) is 28.2 Å². The Bertz CT molecular complexity index is 1520. The van der Waals surface area contributed by atoms with Gasteiger partial charge in [0, 0.05) is 28.2 Å². The lowest BCUT2D eigenvalue weighted by Gasteiger charge is -2.22. The lowest BCUT2D eigenvalue weighted by Crippen LogP contribution is -2.29. The molecule has 8 heteroatoms. The van der Waals surface area contributed by atoms with E-state index >= 15 is 0 Å². The van der Waals surface area contributed by atoms with E-state index in [4.69, 9.17) is 0 Å². The number of benzene rings is 3. The Morgan fingerprint density at radius 3 is 2.22 bits per heavy atom. The summed E-state index contributed by atoms with van der Waals surface area (Å²) >= 11 is 0. The fourth-order valence-electron chi connectivity index (χ4n) is 4.16. The van der Waals surface area contributed by atoms with E-state index < -0.39 is 10.0 Å². The summed E-state index contributed by atoms with van der Waals surface area (Å²) in [7, 11) is -3.47. The van der Waals surface area contributed by atoms with E-state index in [1.807, 2.05) is 26.0 Å². The average molecular weight is 515 g/mol. The maximum Gasteiger partial charge on any atom is 0.271 e. The minimum Gasteiger partial charge on any atom is -0.318 e. The average Bonchev–Trinajstić information content (AvgIpc) is 3.16. The third kappa shape index (κ3) is 6.16. The maximum absolute atomic E-state index is 12.6. The second-order valence-electron chi connectivity index (χ2n) is 9.00. The molecule has 0 unspecified atom stereocenters. The molecular weight excluding hydrogens is 484 g/mol. The van der Waals surface area contributed by atoms with Crippen LogP contribution >= 0.6 is 0 Å². The van der Waals surface area contributed by atoms with Gasteiger partial charge in [-0.1, -0.05) is 48.0 Å². The smallest absolute Gasteiger partial charge is 0.271 e. The van der Waals surface area contributed by atoms with Crippen LogP contribution in [0.5, 0.6) is 0 Å². The van der Waals surface area contributed by atoms with Crippen LogP contribution in [0.3, 0.4) is 0 Å². The molecule has 1 N–H and O–H groups in total. The first-order valence-electron chi connectivity index (χ1n) is 11.8. The number of nitrogens with one attached hydrogen (secondary N) is 1. The van der Waals surface area contributed by atoms with E-state index in [1.165, 1.54) is 16.1 Å². The van der Waals surface area contributed by atoms with Gasteiger partial charge >= 0.3 is 0 Å². The van der Waals surface area contributed by atoms with Gasteiger partial charge in [0.05, 0.1) is 24.7 Å². The van der Waals surface area contributed by atoms with Gasteiger partial charge in [0.1, 0.15) is 0 Å². The zero-order valence-corrected chi connectivity index (χ0v) is 22.2. The van der Waals surface area contributed by atoms with E-state index in [-0.39, 0.29) is 12.5 Å². The van der Waals surface area contributed by atoms with Gasteiger partial charge in [0.15, 0.2) is 0 Å². The number of hydrogen-bond donors (Lipinski definition) is 1. The highest BCUT2D eigenvalue weighted by Crippen LogP contribution is 2.21. The van der Waals surface area contributed by atoms with Crippen LogP contribution in [0.2, 0.25) is 0 Å². The number of sulfonamides is 1. The van der Waals surface area contributed by atoms with Gasteiger partial charge < -0.3 is 4.57 Å². The molecule has 1 aromatic heterocycles. The molecule has 0 saturated heterocycles. The molecule has 7 nitrogen and oxygen atoms in total. The number of amides is 1. The molecule has 0 bridgehead atoms. The lowest BCUT2D eigenvalue weighted by atomic mass is 10.1. The molecule has 0 radical (unpaired) electrons. The van der Waals surface area contributed by atoms with Crippen molar-refractivity contribution in [2.45, 2.75) is 27.3 Å².